The zero-order valence-electron chi connectivity index (χ0n) is 10.6. The molecule has 1 aromatic carbocycles. The summed E-state index contributed by atoms with van der Waals surface area (Å²) in [5.41, 5.74) is -1.23. The summed E-state index contributed by atoms with van der Waals surface area (Å²) < 4.78 is 0. The van der Waals surface area contributed by atoms with Crippen LogP contribution in [0.15, 0.2) is 18.2 Å². The monoisotopic (exact) mass is 320 g/mol. The Morgan fingerprint density at radius 2 is 2.00 bits per heavy atom. The van der Waals surface area contributed by atoms with Crippen molar-refractivity contribution in [2.45, 2.75) is 18.9 Å². The summed E-state index contributed by atoms with van der Waals surface area (Å²) in [6.45, 7) is 1.09. The van der Waals surface area contributed by atoms with E-state index in [9.17, 15) is 14.7 Å². The fourth-order valence-corrected chi connectivity index (χ4v) is 1.77. The summed E-state index contributed by atoms with van der Waals surface area (Å²) in [5.74, 6) is -1.16. The number of halogens is 2. The summed E-state index contributed by atoms with van der Waals surface area (Å²) in [4.78, 5) is 22.1. The number of aliphatic hydroxyl groups is 1. The van der Waals surface area contributed by atoms with E-state index in [0.29, 0.717) is 10.7 Å². The first kappa shape index (κ1) is 16.6. The number of amides is 2. The first-order chi connectivity index (χ1) is 9.21. The molecule has 8 heteroatoms. The lowest BCUT2D eigenvalue weighted by Gasteiger charge is -2.21. The van der Waals surface area contributed by atoms with Crippen LogP contribution in [-0.4, -0.2) is 34.4 Å². The molecule has 0 saturated heterocycles. The second-order valence-electron chi connectivity index (χ2n) is 4.48. The molecule has 1 rings (SSSR count). The second-order valence-corrected chi connectivity index (χ2v) is 5.26. The van der Waals surface area contributed by atoms with Crippen LogP contribution in [0.4, 0.5) is 10.5 Å². The first-order valence-corrected chi connectivity index (χ1v) is 6.40. The Labute approximate surface area is 125 Å². The Hall–Kier alpha value is -1.50. The van der Waals surface area contributed by atoms with Crippen molar-refractivity contribution in [3.8, 4) is 0 Å². The van der Waals surface area contributed by atoms with Gasteiger partial charge in [-0.1, -0.05) is 29.3 Å². The number of benzene rings is 1. The molecule has 0 bridgehead atoms. The van der Waals surface area contributed by atoms with Gasteiger partial charge in [0.15, 0.2) is 0 Å². The minimum atomic E-state index is -1.54. The number of nitrogens with one attached hydrogen (secondary N) is 2. The van der Waals surface area contributed by atoms with Crippen molar-refractivity contribution in [3.63, 3.8) is 0 Å². The molecule has 2 amide bonds. The highest BCUT2D eigenvalue weighted by atomic mass is 35.5. The van der Waals surface area contributed by atoms with Gasteiger partial charge in [-0.2, -0.15) is 0 Å². The van der Waals surface area contributed by atoms with Gasteiger partial charge in [0.1, 0.15) is 0 Å². The summed E-state index contributed by atoms with van der Waals surface area (Å²) >= 11 is 11.7. The van der Waals surface area contributed by atoms with E-state index < -0.39 is 24.0 Å². The molecule has 1 unspecified atom stereocenters. The number of aliphatic carboxylic acids is 1. The van der Waals surface area contributed by atoms with Crippen LogP contribution >= 0.6 is 23.2 Å². The molecule has 0 aliphatic carbocycles. The van der Waals surface area contributed by atoms with E-state index in [1.165, 1.54) is 6.92 Å². The van der Waals surface area contributed by atoms with E-state index in [0.717, 1.165) is 0 Å². The number of carboxylic acids is 1. The number of hydrogen-bond acceptors (Lipinski definition) is 3. The number of carbonyl (C=O) groups is 2. The number of carbonyl (C=O) groups excluding carboxylic acids is 1. The van der Waals surface area contributed by atoms with Gasteiger partial charge in [0.25, 0.3) is 0 Å². The van der Waals surface area contributed by atoms with E-state index in [-0.39, 0.29) is 11.6 Å². The van der Waals surface area contributed by atoms with Gasteiger partial charge in [0.05, 0.1) is 27.8 Å². The Balaban J connectivity index is 2.56. The van der Waals surface area contributed by atoms with E-state index in [4.69, 9.17) is 28.3 Å². The van der Waals surface area contributed by atoms with Crippen molar-refractivity contribution in [1.29, 1.82) is 0 Å². The highest BCUT2D eigenvalue weighted by Crippen LogP contribution is 2.29. The minimum Gasteiger partial charge on any atom is -0.481 e. The molecule has 4 N–H and O–H groups in total. The maximum Gasteiger partial charge on any atom is 0.319 e. The Morgan fingerprint density at radius 3 is 2.60 bits per heavy atom. The standard InChI is InChI=1S/C12H14Cl2N2O4/c1-12(20,5-9(17)18)6-15-11(19)16-8-4-2-3-7(13)10(8)14/h2-4,20H,5-6H2,1H3,(H,17,18)(H2,15,16,19). The van der Waals surface area contributed by atoms with Crippen molar-refractivity contribution < 1.29 is 19.8 Å². The van der Waals surface area contributed by atoms with Crippen molar-refractivity contribution in [3.05, 3.63) is 28.2 Å². The van der Waals surface area contributed by atoms with Crippen LogP contribution in [-0.2, 0) is 4.79 Å². The predicted molar refractivity (Wildman–Crippen MR) is 76.4 cm³/mol. The van der Waals surface area contributed by atoms with Gasteiger partial charge in [0, 0.05) is 6.54 Å². The van der Waals surface area contributed by atoms with Crippen molar-refractivity contribution >= 4 is 40.9 Å². The number of urea groups is 1. The number of anilines is 1. The molecular weight excluding hydrogens is 307 g/mol. The average Bonchev–Trinajstić information content (AvgIpc) is 2.31. The molecule has 0 heterocycles. The van der Waals surface area contributed by atoms with Crippen LogP contribution in [0.5, 0.6) is 0 Å². The van der Waals surface area contributed by atoms with Gasteiger partial charge < -0.3 is 20.8 Å². The summed E-state index contributed by atoms with van der Waals surface area (Å²) in [6, 6.07) is 4.12. The third-order valence-corrected chi connectivity index (χ3v) is 3.18. The van der Waals surface area contributed by atoms with E-state index in [2.05, 4.69) is 10.6 Å². The minimum absolute atomic E-state index is 0.196. The second kappa shape index (κ2) is 6.78. The smallest absolute Gasteiger partial charge is 0.319 e. The molecule has 110 valence electrons. The van der Waals surface area contributed by atoms with Crippen LogP contribution in [0.3, 0.4) is 0 Å². The zero-order chi connectivity index (χ0) is 15.3. The van der Waals surface area contributed by atoms with Gasteiger partial charge in [-0.15, -0.1) is 0 Å². The van der Waals surface area contributed by atoms with Gasteiger partial charge in [-0.25, -0.2) is 4.79 Å². The van der Waals surface area contributed by atoms with Gasteiger partial charge in [-0.3, -0.25) is 4.79 Å². The molecule has 1 atom stereocenters. The quantitative estimate of drug-likeness (QED) is 0.669. The summed E-state index contributed by atoms with van der Waals surface area (Å²) in [5, 5.41) is 23.6. The molecule has 0 aliphatic rings. The van der Waals surface area contributed by atoms with Crippen LogP contribution < -0.4 is 10.6 Å². The third kappa shape index (κ3) is 5.24. The number of carboxylic acid groups (broad SMARTS) is 1. The highest BCUT2D eigenvalue weighted by molar-refractivity contribution is 6.43. The van der Waals surface area contributed by atoms with Crippen molar-refractivity contribution in [2.24, 2.45) is 0 Å². The van der Waals surface area contributed by atoms with Crippen LogP contribution in [0.2, 0.25) is 10.0 Å². The third-order valence-electron chi connectivity index (χ3n) is 2.36. The maximum atomic E-state index is 11.6. The zero-order valence-corrected chi connectivity index (χ0v) is 12.1. The fourth-order valence-electron chi connectivity index (χ4n) is 1.43. The molecular formula is C12H14Cl2N2O4. The van der Waals surface area contributed by atoms with Crippen LogP contribution in [0.1, 0.15) is 13.3 Å². The lowest BCUT2D eigenvalue weighted by Crippen LogP contribution is -2.43. The van der Waals surface area contributed by atoms with Gasteiger partial charge in [0.2, 0.25) is 0 Å². The highest BCUT2D eigenvalue weighted by Gasteiger charge is 2.24. The lowest BCUT2D eigenvalue weighted by atomic mass is 10.0. The van der Waals surface area contributed by atoms with Gasteiger partial charge >= 0.3 is 12.0 Å². The molecule has 0 aliphatic heterocycles. The van der Waals surface area contributed by atoms with E-state index >= 15 is 0 Å². The molecule has 6 nitrogen and oxygen atoms in total. The molecule has 1 aromatic rings. The number of hydrogen-bond donors (Lipinski definition) is 4. The van der Waals surface area contributed by atoms with E-state index in [1.54, 1.807) is 18.2 Å². The first-order valence-electron chi connectivity index (χ1n) is 5.64. The average molecular weight is 321 g/mol. The SMILES string of the molecule is CC(O)(CNC(=O)Nc1cccc(Cl)c1Cl)CC(=O)O. The molecule has 0 aromatic heterocycles. The summed E-state index contributed by atoms with van der Waals surface area (Å²) in [6.07, 6.45) is -0.481. The van der Waals surface area contributed by atoms with Gasteiger partial charge in [-0.05, 0) is 19.1 Å². The molecule has 0 radical (unpaired) electrons. The lowest BCUT2D eigenvalue weighted by molar-refractivity contribution is -0.141. The largest absolute Gasteiger partial charge is 0.481 e. The topological polar surface area (TPSA) is 98.7 Å². The molecule has 0 spiro atoms. The fraction of sp³-hybridized carbons (Fsp3) is 0.333. The predicted octanol–water partition coefficient (Wildman–Crippen LogP) is 2.34. The van der Waals surface area contributed by atoms with E-state index in [1.807, 2.05) is 0 Å². The van der Waals surface area contributed by atoms with Crippen LogP contribution in [0.25, 0.3) is 0 Å². The molecule has 0 saturated carbocycles. The number of rotatable bonds is 5. The molecule has 20 heavy (non-hydrogen) atoms. The van der Waals surface area contributed by atoms with Crippen molar-refractivity contribution in [2.75, 3.05) is 11.9 Å². The maximum absolute atomic E-state index is 11.6. The molecule has 0 fully saturated rings. The normalized spacial score (nSPS) is 13.4. The Kier molecular flexibility index (Phi) is 5.62. The van der Waals surface area contributed by atoms with Crippen LogP contribution in [0, 0.1) is 0 Å². The summed E-state index contributed by atoms with van der Waals surface area (Å²) in [7, 11) is 0. The Morgan fingerprint density at radius 1 is 1.35 bits per heavy atom. The van der Waals surface area contributed by atoms with Crippen molar-refractivity contribution in [1.82, 2.24) is 5.32 Å². The Bertz CT molecular complexity index is 520.